The monoisotopic (exact) mass is 666 g/mol. The fourth-order valence-corrected chi connectivity index (χ4v) is 8.18. The molecule has 1 aromatic heterocycles. The number of fused-ring (bicyclic) bond motifs is 3. The number of hydrogen-bond donors (Lipinski definition) is 5. The van der Waals surface area contributed by atoms with Crippen LogP contribution in [0.4, 0.5) is 5.13 Å². The van der Waals surface area contributed by atoms with Gasteiger partial charge in [0.2, 0.25) is 5.78 Å². The summed E-state index contributed by atoms with van der Waals surface area (Å²) in [5.41, 5.74) is 4.27. The summed E-state index contributed by atoms with van der Waals surface area (Å²) < 4.78 is 17.7. The van der Waals surface area contributed by atoms with Crippen molar-refractivity contribution >= 4 is 28.0 Å². The zero-order valence-electron chi connectivity index (χ0n) is 26.3. The zero-order valence-corrected chi connectivity index (χ0v) is 27.1. The van der Waals surface area contributed by atoms with Gasteiger partial charge in [-0.1, -0.05) is 12.1 Å². The molecule has 3 heterocycles. The fourth-order valence-electron chi connectivity index (χ4n) is 7.21. The number of aliphatic hydroxyl groups excluding tert-OH is 1. The summed E-state index contributed by atoms with van der Waals surface area (Å²) in [4.78, 5) is 37.0. The van der Waals surface area contributed by atoms with Crippen molar-refractivity contribution in [3.63, 3.8) is 0 Å². The number of methoxy groups -OCH3 is 1. The topological polar surface area (TPSA) is 188 Å². The summed E-state index contributed by atoms with van der Waals surface area (Å²) in [6, 6.07) is 3.91. The Morgan fingerprint density at radius 1 is 1.09 bits per heavy atom. The molecule has 0 spiro atoms. The number of ether oxygens (including phenoxy) is 3. The fraction of sp³-hybridized carbons (Fsp3) is 0.485. The Hall–Kier alpha value is -3.63. The van der Waals surface area contributed by atoms with Gasteiger partial charge in [0.15, 0.2) is 17.2 Å². The van der Waals surface area contributed by atoms with Crippen LogP contribution in [0.2, 0.25) is 0 Å². The number of hydrogen-bond acceptors (Lipinski definition) is 14. The summed E-state index contributed by atoms with van der Waals surface area (Å²) in [5, 5.41) is 48.9. The van der Waals surface area contributed by atoms with Crippen molar-refractivity contribution in [3.05, 3.63) is 62.7 Å². The zero-order chi connectivity index (χ0) is 33.4. The van der Waals surface area contributed by atoms with Crippen molar-refractivity contribution in [1.82, 2.24) is 9.88 Å². The number of thiazole rings is 1. The Balaban J connectivity index is 1.34. The van der Waals surface area contributed by atoms with Crippen molar-refractivity contribution in [2.24, 2.45) is 5.73 Å². The number of ketones is 2. The van der Waals surface area contributed by atoms with Crippen LogP contribution in [-0.2, 0) is 21.5 Å². The Morgan fingerprint density at radius 2 is 1.81 bits per heavy atom. The second kappa shape index (κ2) is 11.8. The third kappa shape index (κ3) is 5.19. The van der Waals surface area contributed by atoms with E-state index in [4.69, 9.17) is 24.9 Å². The van der Waals surface area contributed by atoms with Gasteiger partial charge < -0.3 is 50.2 Å². The largest absolute Gasteiger partial charge is 0.507 e. The summed E-state index contributed by atoms with van der Waals surface area (Å²) in [6.45, 7) is 4.97. The molecule has 0 radical (unpaired) electrons. The van der Waals surface area contributed by atoms with Crippen molar-refractivity contribution in [2.45, 2.75) is 62.4 Å². The van der Waals surface area contributed by atoms with Gasteiger partial charge >= 0.3 is 0 Å². The number of aromatic hydroxyl groups is 2. The van der Waals surface area contributed by atoms with Crippen LogP contribution in [0.5, 0.6) is 17.2 Å². The van der Waals surface area contributed by atoms with Crippen LogP contribution in [0.25, 0.3) is 0 Å². The van der Waals surface area contributed by atoms with Gasteiger partial charge in [0.05, 0.1) is 47.8 Å². The number of aliphatic hydroxyl groups is 2. The third-order valence-electron chi connectivity index (χ3n) is 9.89. The predicted octanol–water partition coefficient (Wildman–Crippen LogP) is 1.80. The van der Waals surface area contributed by atoms with Crippen LogP contribution in [0.15, 0.2) is 23.6 Å². The number of anilines is 1. The number of aromatic nitrogens is 1. The lowest BCUT2D eigenvalue weighted by Crippen LogP contribution is -2.52. The average Bonchev–Trinajstić information content (AvgIpc) is 3.55. The van der Waals surface area contributed by atoms with E-state index in [1.54, 1.807) is 24.4 Å². The molecule has 2 aliphatic heterocycles. The molecule has 3 aromatic rings. The highest BCUT2D eigenvalue weighted by Gasteiger charge is 2.49. The summed E-state index contributed by atoms with van der Waals surface area (Å²) >= 11 is 1.40. The Kier molecular flexibility index (Phi) is 8.02. The lowest BCUT2D eigenvalue weighted by Gasteiger charge is -2.42. The minimum absolute atomic E-state index is 0.0183. The highest BCUT2D eigenvalue weighted by molar-refractivity contribution is 7.13. The Bertz CT molecular complexity index is 1740. The van der Waals surface area contributed by atoms with Crippen LogP contribution in [-0.4, -0.2) is 107 Å². The van der Waals surface area contributed by atoms with Gasteiger partial charge in [-0.25, -0.2) is 4.98 Å². The van der Waals surface area contributed by atoms with Crippen molar-refractivity contribution in [3.8, 4) is 17.2 Å². The van der Waals surface area contributed by atoms with Crippen molar-refractivity contribution in [2.75, 3.05) is 45.2 Å². The van der Waals surface area contributed by atoms with Crippen LogP contribution in [0.3, 0.4) is 0 Å². The van der Waals surface area contributed by atoms with Crippen LogP contribution < -0.4 is 15.4 Å². The molecule has 2 fully saturated rings. The normalized spacial score (nSPS) is 29.3. The van der Waals surface area contributed by atoms with Gasteiger partial charge in [-0.2, -0.15) is 0 Å². The summed E-state index contributed by atoms with van der Waals surface area (Å²) in [7, 11) is 3.43. The van der Waals surface area contributed by atoms with Crippen molar-refractivity contribution in [1.29, 1.82) is 0 Å². The second-order valence-electron chi connectivity index (χ2n) is 12.9. The number of carbonyl (C=O) groups excluding carboxylic acids is 2. The van der Waals surface area contributed by atoms with E-state index < -0.39 is 59.3 Å². The second-order valence-corrected chi connectivity index (χ2v) is 13.7. The number of likely N-dealkylation sites (N-methyl/N-ethyl adjacent to an activating group) is 1. The maximum atomic E-state index is 14.0. The molecule has 0 saturated carbocycles. The minimum Gasteiger partial charge on any atom is -0.507 e. The molecular formula is C33H38N4O9S. The van der Waals surface area contributed by atoms with E-state index in [1.165, 1.54) is 24.5 Å². The maximum Gasteiger partial charge on any atom is 0.202 e. The van der Waals surface area contributed by atoms with E-state index in [0.717, 1.165) is 31.3 Å². The molecule has 4 aliphatic rings. The van der Waals surface area contributed by atoms with Crippen LogP contribution in [0, 0.1) is 0 Å². The van der Waals surface area contributed by atoms with Crippen molar-refractivity contribution < 1.29 is 44.2 Å². The molecule has 2 aliphatic carbocycles. The van der Waals surface area contributed by atoms with E-state index in [-0.39, 0.29) is 58.4 Å². The lowest BCUT2D eigenvalue weighted by molar-refractivity contribution is -0.248. The minimum atomic E-state index is -1.69. The van der Waals surface area contributed by atoms with Gasteiger partial charge in [0, 0.05) is 73.6 Å². The third-order valence-corrected chi connectivity index (χ3v) is 10.8. The molecule has 2 aromatic carbocycles. The number of rotatable bonds is 5. The molecule has 47 heavy (non-hydrogen) atoms. The average molecular weight is 667 g/mol. The number of phenolic OH excluding ortho intramolecular Hbond substituents is 2. The first-order chi connectivity index (χ1) is 22.4. The number of nitrogens with two attached hydrogens (primary N) is 1. The molecule has 250 valence electrons. The van der Waals surface area contributed by atoms with E-state index in [2.05, 4.69) is 16.8 Å². The number of benzene rings is 2. The van der Waals surface area contributed by atoms with Gasteiger partial charge in [-0.3, -0.25) is 9.59 Å². The molecule has 13 nitrogen and oxygen atoms in total. The summed E-state index contributed by atoms with van der Waals surface area (Å²) in [5.74, 6) is -2.25. The molecule has 14 heteroatoms. The molecule has 7 rings (SSSR count). The number of nitrogens with zero attached hydrogens (tertiary/aromatic N) is 3. The van der Waals surface area contributed by atoms with E-state index in [0.29, 0.717) is 5.69 Å². The predicted molar refractivity (Wildman–Crippen MR) is 170 cm³/mol. The highest BCUT2D eigenvalue weighted by Crippen LogP contribution is 2.54. The molecule has 0 amide bonds. The van der Waals surface area contributed by atoms with Gasteiger partial charge in [-0.15, -0.1) is 11.3 Å². The summed E-state index contributed by atoms with van der Waals surface area (Å²) in [6.07, 6.45) is -3.88. The highest BCUT2D eigenvalue weighted by atomic mass is 32.1. The first kappa shape index (κ1) is 31.9. The van der Waals surface area contributed by atoms with Crippen LogP contribution >= 0.6 is 11.3 Å². The molecule has 6 atom stereocenters. The first-order valence-electron chi connectivity index (χ1n) is 15.6. The van der Waals surface area contributed by atoms with E-state index in [1.807, 2.05) is 0 Å². The lowest BCUT2D eigenvalue weighted by atomic mass is 9.72. The first-order valence-corrected chi connectivity index (χ1v) is 16.5. The Labute approximate surface area is 275 Å². The van der Waals surface area contributed by atoms with Gasteiger partial charge in [-0.05, 0) is 20.0 Å². The quantitative estimate of drug-likeness (QED) is 0.194. The number of phenols is 2. The van der Waals surface area contributed by atoms with E-state index >= 15 is 0 Å². The van der Waals surface area contributed by atoms with Crippen LogP contribution in [0.1, 0.15) is 74.5 Å². The molecule has 6 N–H and O–H groups in total. The number of carbonyl (C=O) groups is 2. The SMILES string of the molecule is COc1cccc2c1C(=O)c1c(O)c3c(c(O)c1C2=O)CC(O)(c1csc(N2CCN(C)CC2)n1)CC3OC1CC(N)C(O)C(C)O1. The molecule has 6 unspecified atom stereocenters. The molecule has 0 bridgehead atoms. The Morgan fingerprint density at radius 3 is 2.51 bits per heavy atom. The molecule has 2 saturated heterocycles. The number of piperazine rings is 1. The molecular weight excluding hydrogens is 628 g/mol. The van der Waals surface area contributed by atoms with Gasteiger partial charge in [0.25, 0.3) is 0 Å². The maximum absolute atomic E-state index is 14.0. The van der Waals surface area contributed by atoms with Gasteiger partial charge in [0.1, 0.15) is 22.8 Å². The van der Waals surface area contributed by atoms with E-state index in [9.17, 15) is 30.0 Å². The standard InChI is InChI=1S/C33H38N4O9S/c1-15-27(38)18(34)11-22(45-15)46-20-13-33(43,21-14-47-32(35-21)37-9-7-36(2)8-10-37)12-17-24(20)31(42)26-25(29(17)40)28(39)16-5-4-6-19(44-3)23(16)30(26)41/h4-6,14-15,18,20,22,27,38,40,42-43H,7-13,34H2,1-3H3. The smallest absolute Gasteiger partial charge is 0.202 e.